The summed E-state index contributed by atoms with van der Waals surface area (Å²) < 4.78 is 0. The zero-order valence-corrected chi connectivity index (χ0v) is 8.53. The van der Waals surface area contributed by atoms with Gasteiger partial charge in [0.1, 0.15) is 12.7 Å². The van der Waals surface area contributed by atoms with E-state index in [1.807, 2.05) is 0 Å². The quantitative estimate of drug-likeness (QED) is 0.751. The van der Waals surface area contributed by atoms with Crippen molar-refractivity contribution in [2.75, 3.05) is 0 Å². The van der Waals surface area contributed by atoms with Crippen LogP contribution in [0.25, 0.3) is 0 Å². The maximum Gasteiger partial charge on any atom is 0.195 e. The van der Waals surface area contributed by atoms with Gasteiger partial charge in [-0.15, -0.1) is 0 Å². The van der Waals surface area contributed by atoms with E-state index in [1.165, 1.54) is 30.0 Å². The van der Waals surface area contributed by atoms with Crippen LogP contribution in [-0.4, -0.2) is 15.0 Å². The molecule has 0 radical (unpaired) electrons. The average molecular weight is 203 g/mol. The highest BCUT2D eigenvalue weighted by molar-refractivity contribution is 7.99. The van der Waals surface area contributed by atoms with Crippen molar-refractivity contribution in [2.45, 2.75) is 17.0 Å². The van der Waals surface area contributed by atoms with Crippen molar-refractivity contribution >= 4 is 11.8 Å². The molecule has 4 heteroatoms. The molecule has 1 aromatic carbocycles. The molecule has 2 rings (SSSR count). The molecule has 0 bridgehead atoms. The largest absolute Gasteiger partial charge is 0.225 e. The number of aryl methyl sites for hydroxylation is 1. The van der Waals surface area contributed by atoms with Crippen LogP contribution in [0.1, 0.15) is 5.56 Å². The van der Waals surface area contributed by atoms with E-state index < -0.39 is 0 Å². The van der Waals surface area contributed by atoms with Gasteiger partial charge in [0.05, 0.1) is 0 Å². The third-order valence-electron chi connectivity index (χ3n) is 1.70. The molecular formula is C10H9N3S. The highest BCUT2D eigenvalue weighted by Gasteiger charge is 1.98. The summed E-state index contributed by atoms with van der Waals surface area (Å²) in [5.74, 6) is 0. The molecule has 0 aliphatic rings. The van der Waals surface area contributed by atoms with Gasteiger partial charge >= 0.3 is 0 Å². The third-order valence-corrected chi connectivity index (χ3v) is 2.60. The molecule has 0 saturated heterocycles. The summed E-state index contributed by atoms with van der Waals surface area (Å²) in [5.41, 5.74) is 1.25. The molecule has 0 saturated carbocycles. The molecule has 14 heavy (non-hydrogen) atoms. The van der Waals surface area contributed by atoms with Gasteiger partial charge in [-0.1, -0.05) is 17.7 Å². The summed E-state index contributed by atoms with van der Waals surface area (Å²) in [6.07, 6.45) is 3.01. The topological polar surface area (TPSA) is 38.7 Å². The number of aromatic nitrogens is 3. The fourth-order valence-corrected chi connectivity index (χ4v) is 1.68. The van der Waals surface area contributed by atoms with Crippen LogP contribution in [0.5, 0.6) is 0 Å². The minimum Gasteiger partial charge on any atom is -0.225 e. The molecule has 0 spiro atoms. The van der Waals surface area contributed by atoms with Crippen molar-refractivity contribution in [2.24, 2.45) is 0 Å². The first-order valence-electron chi connectivity index (χ1n) is 4.21. The molecule has 0 amide bonds. The van der Waals surface area contributed by atoms with Crippen LogP contribution in [0.3, 0.4) is 0 Å². The van der Waals surface area contributed by atoms with E-state index in [2.05, 4.69) is 46.1 Å². The summed E-state index contributed by atoms with van der Waals surface area (Å²) in [6.45, 7) is 2.07. The molecule has 70 valence electrons. The number of nitrogens with zero attached hydrogens (tertiary/aromatic N) is 3. The number of hydrogen-bond donors (Lipinski definition) is 0. The van der Waals surface area contributed by atoms with E-state index in [-0.39, 0.29) is 0 Å². The van der Waals surface area contributed by atoms with Gasteiger partial charge in [0.25, 0.3) is 0 Å². The Morgan fingerprint density at radius 1 is 1.00 bits per heavy atom. The molecule has 0 N–H and O–H groups in total. The van der Waals surface area contributed by atoms with Gasteiger partial charge in [-0.05, 0) is 30.8 Å². The van der Waals surface area contributed by atoms with Crippen molar-refractivity contribution in [3.63, 3.8) is 0 Å². The van der Waals surface area contributed by atoms with E-state index in [0.29, 0.717) is 0 Å². The Balaban J connectivity index is 2.16. The second kappa shape index (κ2) is 4.19. The monoisotopic (exact) mass is 203 g/mol. The minimum atomic E-state index is 0.726. The standard InChI is InChI=1S/C10H9N3S/c1-8-2-4-9(5-3-8)14-10-12-6-11-7-13-10/h2-7H,1H3. The first-order valence-corrected chi connectivity index (χ1v) is 5.03. The maximum atomic E-state index is 4.04. The van der Waals surface area contributed by atoms with Gasteiger partial charge in [0, 0.05) is 4.90 Å². The molecule has 0 aliphatic heterocycles. The predicted molar refractivity (Wildman–Crippen MR) is 55.1 cm³/mol. The molecular weight excluding hydrogens is 194 g/mol. The van der Waals surface area contributed by atoms with Crippen LogP contribution < -0.4 is 0 Å². The Hall–Kier alpha value is -1.42. The molecule has 1 heterocycles. The highest BCUT2D eigenvalue weighted by Crippen LogP contribution is 2.23. The van der Waals surface area contributed by atoms with Crippen molar-refractivity contribution in [1.82, 2.24) is 15.0 Å². The lowest BCUT2D eigenvalue weighted by Gasteiger charge is -1.98. The number of rotatable bonds is 2. The van der Waals surface area contributed by atoms with E-state index in [1.54, 1.807) is 0 Å². The normalized spacial score (nSPS) is 10.1. The van der Waals surface area contributed by atoms with Crippen LogP contribution in [-0.2, 0) is 0 Å². The predicted octanol–water partition coefficient (Wildman–Crippen LogP) is 2.33. The second-order valence-corrected chi connectivity index (χ2v) is 3.88. The van der Waals surface area contributed by atoms with E-state index >= 15 is 0 Å². The summed E-state index contributed by atoms with van der Waals surface area (Å²) >= 11 is 1.53. The van der Waals surface area contributed by atoms with Gasteiger partial charge in [-0.3, -0.25) is 0 Å². The molecule has 0 aliphatic carbocycles. The van der Waals surface area contributed by atoms with Crippen molar-refractivity contribution < 1.29 is 0 Å². The third kappa shape index (κ3) is 2.29. The Kier molecular flexibility index (Phi) is 2.74. The first kappa shape index (κ1) is 9.15. The van der Waals surface area contributed by atoms with Crippen LogP contribution >= 0.6 is 11.8 Å². The Bertz CT molecular complexity index is 399. The molecule has 0 unspecified atom stereocenters. The van der Waals surface area contributed by atoms with Crippen molar-refractivity contribution in [3.8, 4) is 0 Å². The number of hydrogen-bond acceptors (Lipinski definition) is 4. The summed E-state index contributed by atoms with van der Waals surface area (Å²) in [5, 5.41) is 0.726. The zero-order valence-electron chi connectivity index (χ0n) is 7.71. The van der Waals surface area contributed by atoms with Crippen molar-refractivity contribution in [3.05, 3.63) is 42.5 Å². The Labute approximate surface area is 86.6 Å². The fourth-order valence-electron chi connectivity index (χ4n) is 0.993. The summed E-state index contributed by atoms with van der Waals surface area (Å²) in [4.78, 5) is 13.0. The maximum absolute atomic E-state index is 4.04. The van der Waals surface area contributed by atoms with Crippen LogP contribution in [0, 0.1) is 6.92 Å². The van der Waals surface area contributed by atoms with E-state index in [0.717, 1.165) is 10.1 Å². The second-order valence-electron chi connectivity index (χ2n) is 2.84. The lowest BCUT2D eigenvalue weighted by molar-refractivity contribution is 0.902. The Morgan fingerprint density at radius 2 is 1.64 bits per heavy atom. The van der Waals surface area contributed by atoms with Crippen LogP contribution in [0.4, 0.5) is 0 Å². The number of benzene rings is 1. The Morgan fingerprint density at radius 3 is 2.29 bits per heavy atom. The van der Waals surface area contributed by atoms with Gasteiger partial charge < -0.3 is 0 Å². The molecule has 1 aromatic heterocycles. The lowest BCUT2D eigenvalue weighted by atomic mass is 10.2. The average Bonchev–Trinajstić information content (AvgIpc) is 2.23. The summed E-state index contributed by atoms with van der Waals surface area (Å²) in [6, 6.07) is 8.26. The fraction of sp³-hybridized carbons (Fsp3) is 0.100. The molecule has 2 aromatic rings. The highest BCUT2D eigenvalue weighted by atomic mass is 32.2. The van der Waals surface area contributed by atoms with E-state index in [4.69, 9.17) is 0 Å². The molecule has 3 nitrogen and oxygen atoms in total. The molecule has 0 fully saturated rings. The smallest absolute Gasteiger partial charge is 0.195 e. The first-order chi connectivity index (χ1) is 6.84. The molecule has 0 atom stereocenters. The zero-order chi connectivity index (χ0) is 9.80. The van der Waals surface area contributed by atoms with Gasteiger partial charge in [-0.25, -0.2) is 15.0 Å². The van der Waals surface area contributed by atoms with Crippen LogP contribution in [0.15, 0.2) is 47.0 Å². The summed E-state index contributed by atoms with van der Waals surface area (Å²) in [7, 11) is 0. The van der Waals surface area contributed by atoms with Gasteiger partial charge in [0.2, 0.25) is 0 Å². The van der Waals surface area contributed by atoms with Gasteiger partial charge in [-0.2, -0.15) is 0 Å². The van der Waals surface area contributed by atoms with Crippen LogP contribution in [0.2, 0.25) is 0 Å². The SMILES string of the molecule is Cc1ccc(Sc2ncncn2)cc1. The van der Waals surface area contributed by atoms with E-state index in [9.17, 15) is 0 Å². The van der Waals surface area contributed by atoms with Gasteiger partial charge in [0.15, 0.2) is 5.16 Å². The minimum absolute atomic E-state index is 0.726. The van der Waals surface area contributed by atoms with Crippen molar-refractivity contribution in [1.29, 1.82) is 0 Å². The lowest BCUT2D eigenvalue weighted by Crippen LogP contribution is -1.85.